The van der Waals surface area contributed by atoms with Crippen LogP contribution in [0.4, 0.5) is 0 Å². The first-order chi connectivity index (χ1) is 10.6. The van der Waals surface area contributed by atoms with Crippen molar-refractivity contribution in [2.45, 2.75) is 13.5 Å². The number of hydrogen-bond donors (Lipinski definition) is 2. The molecule has 3 aromatic rings. The van der Waals surface area contributed by atoms with Crippen molar-refractivity contribution in [3.8, 4) is 11.5 Å². The van der Waals surface area contributed by atoms with Gasteiger partial charge in [-0.1, -0.05) is 10.3 Å². The zero-order valence-corrected chi connectivity index (χ0v) is 11.5. The molecule has 0 aliphatic heterocycles. The lowest BCUT2D eigenvalue weighted by Crippen LogP contribution is -2.24. The number of aromatic nitrogens is 4. The first-order valence-corrected chi connectivity index (χ1v) is 6.35. The zero-order valence-electron chi connectivity index (χ0n) is 11.5. The molecule has 112 valence electrons. The predicted molar refractivity (Wildman–Crippen MR) is 72.8 cm³/mol. The molecule has 0 aromatic carbocycles. The quantitative estimate of drug-likeness (QED) is 0.724. The highest BCUT2D eigenvalue weighted by Gasteiger charge is 2.13. The van der Waals surface area contributed by atoms with Gasteiger partial charge in [-0.15, -0.1) is 0 Å². The molecule has 0 saturated heterocycles. The number of pyridine rings is 1. The molecule has 0 aliphatic rings. The summed E-state index contributed by atoms with van der Waals surface area (Å²) in [6.07, 6.45) is 1.40. The Morgan fingerprint density at radius 3 is 2.91 bits per heavy atom. The molecule has 0 saturated carbocycles. The summed E-state index contributed by atoms with van der Waals surface area (Å²) in [5, 5.41) is 10.1. The minimum atomic E-state index is -0.414. The Hall–Kier alpha value is -3.23. The zero-order chi connectivity index (χ0) is 15.5. The van der Waals surface area contributed by atoms with E-state index in [-0.39, 0.29) is 29.4 Å². The van der Waals surface area contributed by atoms with E-state index in [1.165, 1.54) is 18.3 Å². The fourth-order valence-corrected chi connectivity index (χ4v) is 1.75. The van der Waals surface area contributed by atoms with Gasteiger partial charge in [0, 0.05) is 23.9 Å². The minimum Gasteiger partial charge on any atom is -0.361 e. The fraction of sp³-hybridized carbons (Fsp3) is 0.154. The monoisotopic (exact) mass is 301 g/mol. The summed E-state index contributed by atoms with van der Waals surface area (Å²) in [4.78, 5) is 29.5. The van der Waals surface area contributed by atoms with Crippen LogP contribution < -0.4 is 10.9 Å². The van der Waals surface area contributed by atoms with Crippen molar-refractivity contribution < 1.29 is 13.8 Å². The molecule has 0 bridgehead atoms. The Bertz CT molecular complexity index is 863. The molecule has 9 nitrogen and oxygen atoms in total. The third-order valence-electron chi connectivity index (χ3n) is 2.76. The first-order valence-electron chi connectivity index (χ1n) is 6.35. The molecule has 2 N–H and O–H groups in total. The molecule has 0 atom stereocenters. The number of amides is 1. The molecule has 3 heterocycles. The van der Waals surface area contributed by atoms with E-state index in [9.17, 15) is 9.59 Å². The van der Waals surface area contributed by atoms with Crippen LogP contribution in [0.1, 0.15) is 22.0 Å². The second-order valence-electron chi connectivity index (χ2n) is 4.46. The van der Waals surface area contributed by atoms with E-state index in [1.54, 1.807) is 13.0 Å². The number of aromatic amines is 1. The maximum atomic E-state index is 11.9. The van der Waals surface area contributed by atoms with Crippen molar-refractivity contribution in [2.24, 2.45) is 0 Å². The van der Waals surface area contributed by atoms with Crippen LogP contribution in [0.5, 0.6) is 0 Å². The van der Waals surface area contributed by atoms with Crippen LogP contribution >= 0.6 is 0 Å². The summed E-state index contributed by atoms with van der Waals surface area (Å²) in [6, 6.07) is 4.37. The van der Waals surface area contributed by atoms with Crippen molar-refractivity contribution in [1.29, 1.82) is 0 Å². The van der Waals surface area contributed by atoms with Gasteiger partial charge in [0.25, 0.3) is 5.91 Å². The Morgan fingerprint density at radius 2 is 2.18 bits per heavy atom. The molecule has 22 heavy (non-hydrogen) atoms. The lowest BCUT2D eigenvalue weighted by molar-refractivity contribution is 0.0946. The normalized spacial score (nSPS) is 10.6. The van der Waals surface area contributed by atoms with Gasteiger partial charge in [0.1, 0.15) is 5.76 Å². The maximum absolute atomic E-state index is 11.9. The Kier molecular flexibility index (Phi) is 3.52. The summed E-state index contributed by atoms with van der Waals surface area (Å²) in [7, 11) is 0. The molecule has 0 aliphatic carbocycles. The Morgan fingerprint density at radius 1 is 1.32 bits per heavy atom. The number of nitrogens with zero attached hydrogens (tertiary/aromatic N) is 3. The number of nitrogens with one attached hydrogen (secondary N) is 2. The lowest BCUT2D eigenvalue weighted by Gasteiger charge is -2.00. The first kappa shape index (κ1) is 13.7. The van der Waals surface area contributed by atoms with Gasteiger partial charge in [-0.25, -0.2) is 0 Å². The Balaban J connectivity index is 1.66. The summed E-state index contributed by atoms with van der Waals surface area (Å²) >= 11 is 0. The topological polar surface area (TPSA) is 127 Å². The second-order valence-corrected chi connectivity index (χ2v) is 4.46. The van der Waals surface area contributed by atoms with E-state index in [1.807, 2.05) is 0 Å². The molecule has 0 radical (unpaired) electrons. The predicted octanol–water partition coefficient (Wildman–Crippen LogP) is 0.651. The Labute approximate surface area is 123 Å². The van der Waals surface area contributed by atoms with Crippen LogP contribution in [0, 0.1) is 6.92 Å². The number of carbonyl (C=O) groups excluding carboxylic acids is 1. The van der Waals surface area contributed by atoms with E-state index in [4.69, 9.17) is 9.05 Å². The highest BCUT2D eigenvalue weighted by atomic mass is 16.5. The van der Waals surface area contributed by atoms with Crippen LogP contribution in [0.15, 0.2) is 38.2 Å². The van der Waals surface area contributed by atoms with Crippen molar-refractivity contribution in [2.75, 3.05) is 0 Å². The van der Waals surface area contributed by atoms with Gasteiger partial charge in [0.15, 0.2) is 5.69 Å². The second kappa shape index (κ2) is 5.64. The van der Waals surface area contributed by atoms with E-state index in [0.29, 0.717) is 11.5 Å². The number of H-pyrrole nitrogens is 1. The molecule has 9 heteroatoms. The number of carbonyl (C=O) groups is 1. The third kappa shape index (κ3) is 2.92. The van der Waals surface area contributed by atoms with Crippen LogP contribution in [-0.2, 0) is 6.54 Å². The summed E-state index contributed by atoms with van der Waals surface area (Å²) in [5.41, 5.74) is 0.346. The summed E-state index contributed by atoms with van der Waals surface area (Å²) in [5.74, 6) is 0.707. The highest BCUT2D eigenvalue weighted by Crippen LogP contribution is 2.15. The van der Waals surface area contributed by atoms with E-state index in [2.05, 4.69) is 25.6 Å². The smallest absolute Gasteiger partial charge is 0.251 e. The van der Waals surface area contributed by atoms with Crippen LogP contribution in [-0.4, -0.2) is 26.2 Å². The van der Waals surface area contributed by atoms with Crippen molar-refractivity contribution in [3.63, 3.8) is 0 Å². The van der Waals surface area contributed by atoms with E-state index >= 15 is 0 Å². The SMILES string of the molecule is Cc1cc(-c2noc(CNC(=O)c3cc[nH]c(=O)c3)n2)no1. The van der Waals surface area contributed by atoms with Crippen LogP contribution in [0.3, 0.4) is 0 Å². The van der Waals surface area contributed by atoms with Crippen LogP contribution in [0.25, 0.3) is 11.5 Å². The molecular weight excluding hydrogens is 290 g/mol. The average molecular weight is 301 g/mol. The minimum absolute atomic E-state index is 0.0372. The van der Waals surface area contributed by atoms with Crippen molar-refractivity contribution >= 4 is 5.91 Å². The van der Waals surface area contributed by atoms with Crippen molar-refractivity contribution in [1.82, 2.24) is 25.6 Å². The van der Waals surface area contributed by atoms with Gasteiger partial charge in [0.2, 0.25) is 17.3 Å². The van der Waals surface area contributed by atoms with Gasteiger partial charge in [-0.3, -0.25) is 9.59 Å². The van der Waals surface area contributed by atoms with Gasteiger partial charge in [-0.2, -0.15) is 4.98 Å². The van der Waals surface area contributed by atoms with Crippen LogP contribution in [0.2, 0.25) is 0 Å². The number of hydrogen-bond acceptors (Lipinski definition) is 7. The standard InChI is InChI=1S/C13H11N5O4/c1-7-4-9(17-21-7)12-16-11(22-18-12)6-15-13(20)8-2-3-14-10(19)5-8/h2-5H,6H2,1H3,(H,14,19)(H,15,20). The third-order valence-corrected chi connectivity index (χ3v) is 2.76. The molecule has 0 unspecified atom stereocenters. The highest BCUT2D eigenvalue weighted by molar-refractivity contribution is 5.93. The fourth-order valence-electron chi connectivity index (χ4n) is 1.75. The van der Waals surface area contributed by atoms with Gasteiger partial charge in [-0.05, 0) is 13.0 Å². The molecule has 1 amide bonds. The van der Waals surface area contributed by atoms with E-state index in [0.717, 1.165) is 0 Å². The van der Waals surface area contributed by atoms with Crippen molar-refractivity contribution in [3.05, 3.63) is 52.0 Å². The van der Waals surface area contributed by atoms with Gasteiger partial charge in [0.05, 0.1) is 6.54 Å². The number of aryl methyl sites for hydroxylation is 1. The summed E-state index contributed by atoms with van der Waals surface area (Å²) < 4.78 is 9.93. The molecule has 0 fully saturated rings. The lowest BCUT2D eigenvalue weighted by atomic mass is 10.2. The van der Waals surface area contributed by atoms with E-state index < -0.39 is 5.91 Å². The largest absolute Gasteiger partial charge is 0.361 e. The van der Waals surface area contributed by atoms with Gasteiger partial charge >= 0.3 is 0 Å². The average Bonchev–Trinajstić information content (AvgIpc) is 3.13. The summed E-state index contributed by atoms with van der Waals surface area (Å²) in [6.45, 7) is 1.79. The van der Waals surface area contributed by atoms with Gasteiger partial charge < -0.3 is 19.3 Å². The molecular formula is C13H11N5O4. The number of rotatable bonds is 4. The molecule has 0 spiro atoms. The molecule has 3 rings (SSSR count). The molecule has 3 aromatic heterocycles. The maximum Gasteiger partial charge on any atom is 0.251 e.